The number of rotatable bonds is 0. The van der Waals surface area contributed by atoms with Crippen molar-refractivity contribution in [3.05, 3.63) is 29.8 Å². The Morgan fingerprint density at radius 2 is 2.00 bits per heavy atom. The van der Waals surface area contributed by atoms with E-state index in [1.54, 1.807) is 37.4 Å². The number of para-hydroxylation sites is 1. The molecule has 4 nitrogen and oxygen atoms in total. The van der Waals surface area contributed by atoms with E-state index in [1.165, 1.54) is 4.90 Å². The molecule has 0 aromatic heterocycles. The number of hydrogen-bond acceptors (Lipinski definition) is 3. The third-order valence-electron chi connectivity index (χ3n) is 2.50. The summed E-state index contributed by atoms with van der Waals surface area (Å²) in [6.07, 6.45) is 0. The number of nitrogens with zero attached hydrogens (tertiary/aromatic N) is 2. The second kappa shape index (κ2) is 3.21. The average molecular weight is 200 g/mol. The molecule has 1 aromatic rings. The van der Waals surface area contributed by atoms with Gasteiger partial charge in [-0.15, -0.1) is 0 Å². The van der Waals surface area contributed by atoms with E-state index in [0.29, 0.717) is 11.3 Å². The number of carbonyl (C=O) groups excluding carboxylic acids is 2. The number of Topliss-reactive ketones (excluding diaryl/α,β-unsaturated/α-hetero) is 1. The highest BCUT2D eigenvalue weighted by molar-refractivity contribution is 6.23. The quantitative estimate of drug-likeness (QED) is 0.586. The largest absolute Gasteiger partial charge is 0.313 e. The minimum atomic E-state index is -1.19. The number of benzene rings is 1. The summed E-state index contributed by atoms with van der Waals surface area (Å²) in [5, 5.41) is 8.76. The zero-order valence-corrected chi connectivity index (χ0v) is 8.10. The molecule has 0 fully saturated rings. The van der Waals surface area contributed by atoms with Gasteiger partial charge < -0.3 is 4.90 Å². The molecule has 1 heterocycles. The minimum absolute atomic E-state index is 0.406. The van der Waals surface area contributed by atoms with Gasteiger partial charge >= 0.3 is 0 Å². The zero-order chi connectivity index (χ0) is 11.0. The van der Waals surface area contributed by atoms with Crippen molar-refractivity contribution < 1.29 is 9.59 Å². The molecule has 1 aromatic carbocycles. The normalized spacial score (nSPS) is 19.7. The topological polar surface area (TPSA) is 61.2 Å². The third-order valence-corrected chi connectivity index (χ3v) is 2.50. The van der Waals surface area contributed by atoms with Gasteiger partial charge in [-0.1, -0.05) is 12.1 Å². The highest BCUT2D eigenvalue weighted by atomic mass is 16.2. The van der Waals surface area contributed by atoms with E-state index in [4.69, 9.17) is 5.26 Å². The van der Waals surface area contributed by atoms with Crippen molar-refractivity contribution >= 4 is 17.4 Å². The maximum absolute atomic E-state index is 11.7. The summed E-state index contributed by atoms with van der Waals surface area (Å²) in [5.74, 6) is -2.05. The average Bonchev–Trinajstić information content (AvgIpc) is 2.27. The Morgan fingerprint density at radius 1 is 1.33 bits per heavy atom. The van der Waals surface area contributed by atoms with Gasteiger partial charge in [-0.2, -0.15) is 5.26 Å². The second-order valence-corrected chi connectivity index (χ2v) is 3.34. The number of amides is 1. The Morgan fingerprint density at radius 3 is 2.67 bits per heavy atom. The predicted octanol–water partition coefficient (Wildman–Crippen LogP) is 0.985. The molecule has 0 saturated heterocycles. The number of carbonyl (C=O) groups is 2. The number of fused-ring (bicyclic) bond motifs is 1. The van der Waals surface area contributed by atoms with Crippen molar-refractivity contribution in [2.45, 2.75) is 0 Å². The fourth-order valence-corrected chi connectivity index (χ4v) is 1.67. The summed E-state index contributed by atoms with van der Waals surface area (Å²) in [6.45, 7) is 0. The summed E-state index contributed by atoms with van der Waals surface area (Å²) in [6, 6.07) is 8.53. The van der Waals surface area contributed by atoms with Crippen LogP contribution in [-0.4, -0.2) is 18.7 Å². The monoisotopic (exact) mass is 200 g/mol. The molecular weight excluding hydrogens is 192 g/mol. The first-order valence-electron chi connectivity index (χ1n) is 4.47. The number of anilines is 1. The molecule has 0 radical (unpaired) electrons. The van der Waals surface area contributed by atoms with E-state index in [2.05, 4.69) is 0 Å². The van der Waals surface area contributed by atoms with Crippen LogP contribution in [0.5, 0.6) is 0 Å². The number of ketones is 1. The van der Waals surface area contributed by atoms with Crippen LogP contribution in [0, 0.1) is 17.2 Å². The van der Waals surface area contributed by atoms with Crippen molar-refractivity contribution in [2.75, 3.05) is 11.9 Å². The fraction of sp³-hybridized carbons (Fsp3) is 0.182. The third kappa shape index (κ3) is 1.21. The minimum Gasteiger partial charge on any atom is -0.313 e. The van der Waals surface area contributed by atoms with Crippen LogP contribution in [0.15, 0.2) is 24.3 Å². The van der Waals surface area contributed by atoms with Gasteiger partial charge in [0.2, 0.25) is 0 Å². The van der Waals surface area contributed by atoms with Crippen molar-refractivity contribution in [1.82, 2.24) is 0 Å². The highest BCUT2D eigenvalue weighted by Crippen LogP contribution is 2.28. The molecular formula is C11H8N2O2. The van der Waals surface area contributed by atoms with E-state index < -0.39 is 17.6 Å². The Labute approximate surface area is 86.7 Å². The lowest BCUT2D eigenvalue weighted by Gasteiger charge is -2.27. The molecule has 0 N–H and O–H groups in total. The molecule has 1 amide bonds. The van der Waals surface area contributed by atoms with Gasteiger partial charge in [0.15, 0.2) is 11.7 Å². The summed E-state index contributed by atoms with van der Waals surface area (Å²) < 4.78 is 0. The van der Waals surface area contributed by atoms with Crippen LogP contribution in [0.2, 0.25) is 0 Å². The van der Waals surface area contributed by atoms with E-state index >= 15 is 0 Å². The molecule has 0 saturated carbocycles. The van der Waals surface area contributed by atoms with Crippen molar-refractivity contribution in [1.29, 1.82) is 5.26 Å². The maximum atomic E-state index is 11.7. The van der Waals surface area contributed by atoms with Crippen LogP contribution in [0.25, 0.3) is 0 Å². The first-order valence-corrected chi connectivity index (χ1v) is 4.47. The Bertz CT molecular complexity index is 488. The lowest BCUT2D eigenvalue weighted by molar-refractivity contribution is -0.119. The molecule has 2 rings (SSSR count). The second-order valence-electron chi connectivity index (χ2n) is 3.34. The van der Waals surface area contributed by atoms with E-state index in [-0.39, 0.29) is 0 Å². The van der Waals surface area contributed by atoms with E-state index in [0.717, 1.165) is 0 Å². The molecule has 1 aliphatic rings. The molecule has 0 spiro atoms. The molecule has 1 atom stereocenters. The molecule has 4 heteroatoms. The molecule has 0 bridgehead atoms. The number of hydrogen-bond donors (Lipinski definition) is 0. The Hall–Kier alpha value is -2.15. The van der Waals surface area contributed by atoms with Crippen LogP contribution in [0.1, 0.15) is 10.4 Å². The van der Waals surface area contributed by atoms with Crippen molar-refractivity contribution in [2.24, 2.45) is 5.92 Å². The lowest BCUT2D eigenvalue weighted by Crippen LogP contribution is -2.41. The first-order chi connectivity index (χ1) is 7.16. The summed E-state index contributed by atoms with van der Waals surface area (Å²) in [5.41, 5.74) is 1.00. The van der Waals surface area contributed by atoms with Crippen molar-refractivity contribution in [3.63, 3.8) is 0 Å². The Kier molecular flexibility index (Phi) is 2.01. The standard InChI is InChI=1S/C11H8N2O2/c1-13-9-5-3-2-4-7(9)10(14)8(6-12)11(13)15/h2-5,8H,1H3. The summed E-state index contributed by atoms with van der Waals surface area (Å²) >= 11 is 0. The van der Waals surface area contributed by atoms with Gasteiger partial charge in [-0.3, -0.25) is 9.59 Å². The molecule has 1 aliphatic heterocycles. The van der Waals surface area contributed by atoms with Crippen LogP contribution < -0.4 is 4.90 Å². The van der Waals surface area contributed by atoms with Crippen LogP contribution >= 0.6 is 0 Å². The van der Waals surface area contributed by atoms with Gasteiger partial charge in [0.05, 0.1) is 11.8 Å². The van der Waals surface area contributed by atoms with Crippen LogP contribution in [-0.2, 0) is 4.79 Å². The molecule has 74 valence electrons. The first kappa shape index (κ1) is 9.41. The van der Waals surface area contributed by atoms with Crippen LogP contribution in [0.4, 0.5) is 5.69 Å². The maximum Gasteiger partial charge on any atom is 0.252 e. The molecule has 15 heavy (non-hydrogen) atoms. The fourth-order valence-electron chi connectivity index (χ4n) is 1.67. The van der Waals surface area contributed by atoms with E-state index in [1.807, 2.05) is 0 Å². The van der Waals surface area contributed by atoms with E-state index in [9.17, 15) is 9.59 Å². The number of nitriles is 1. The predicted molar refractivity (Wildman–Crippen MR) is 53.3 cm³/mol. The van der Waals surface area contributed by atoms with Gasteiger partial charge in [-0.25, -0.2) is 0 Å². The molecule has 1 unspecified atom stereocenters. The lowest BCUT2D eigenvalue weighted by atomic mass is 9.92. The van der Waals surface area contributed by atoms with Gasteiger partial charge in [-0.05, 0) is 12.1 Å². The zero-order valence-electron chi connectivity index (χ0n) is 8.10. The van der Waals surface area contributed by atoms with Gasteiger partial charge in [0.1, 0.15) is 0 Å². The van der Waals surface area contributed by atoms with Gasteiger partial charge in [0, 0.05) is 12.6 Å². The Balaban J connectivity index is 2.63. The van der Waals surface area contributed by atoms with Gasteiger partial charge in [0.25, 0.3) is 5.91 Å². The van der Waals surface area contributed by atoms with Crippen LogP contribution in [0.3, 0.4) is 0 Å². The summed E-state index contributed by atoms with van der Waals surface area (Å²) in [4.78, 5) is 24.7. The smallest absolute Gasteiger partial charge is 0.252 e. The summed E-state index contributed by atoms with van der Waals surface area (Å²) in [7, 11) is 1.57. The van der Waals surface area contributed by atoms with Crippen molar-refractivity contribution in [3.8, 4) is 6.07 Å². The highest BCUT2D eigenvalue weighted by Gasteiger charge is 2.37. The SMILES string of the molecule is CN1C(=O)C(C#N)C(=O)c2ccccc21. The molecule has 0 aliphatic carbocycles.